The van der Waals surface area contributed by atoms with E-state index in [1.807, 2.05) is 44.3 Å². The normalized spacial score (nSPS) is 13.0. The molecule has 3 heteroatoms. The van der Waals surface area contributed by atoms with Crippen molar-refractivity contribution in [2.24, 2.45) is 0 Å². The Morgan fingerprint density at radius 2 is 2.14 bits per heavy atom. The summed E-state index contributed by atoms with van der Waals surface area (Å²) in [4.78, 5) is 14.0. The molecule has 1 aromatic carbocycles. The van der Waals surface area contributed by atoms with Crippen molar-refractivity contribution in [1.82, 2.24) is 4.90 Å². The molecule has 1 aromatic rings. The summed E-state index contributed by atoms with van der Waals surface area (Å²) in [6.07, 6.45) is 8.58. The van der Waals surface area contributed by atoms with Crippen molar-refractivity contribution >= 4 is 5.91 Å². The maximum absolute atomic E-state index is 12.3. The van der Waals surface area contributed by atoms with Crippen molar-refractivity contribution in [2.75, 3.05) is 13.7 Å². The number of benzene rings is 1. The molecule has 1 amide bonds. The van der Waals surface area contributed by atoms with Gasteiger partial charge in [-0.2, -0.15) is 0 Å². The second kappa shape index (κ2) is 9.81. The van der Waals surface area contributed by atoms with Gasteiger partial charge in [0.1, 0.15) is 6.10 Å². The van der Waals surface area contributed by atoms with E-state index in [2.05, 4.69) is 12.5 Å². The molecule has 0 spiro atoms. The second-order valence-corrected chi connectivity index (χ2v) is 5.26. The van der Waals surface area contributed by atoms with Crippen LogP contribution in [0.2, 0.25) is 0 Å². The van der Waals surface area contributed by atoms with Crippen LogP contribution >= 0.6 is 0 Å². The molecular weight excluding hydrogens is 274 g/mol. The van der Waals surface area contributed by atoms with Gasteiger partial charge in [-0.1, -0.05) is 36.4 Å². The quantitative estimate of drug-likeness (QED) is 0.396. The Morgan fingerprint density at radius 1 is 1.45 bits per heavy atom. The summed E-state index contributed by atoms with van der Waals surface area (Å²) in [5.74, 6) is 2.65. The number of hydrogen-bond acceptors (Lipinski definition) is 2. The van der Waals surface area contributed by atoms with E-state index in [1.54, 1.807) is 11.0 Å². The smallest absolute Gasteiger partial charge is 0.222 e. The minimum absolute atomic E-state index is 0.0688. The third kappa shape index (κ3) is 5.38. The predicted molar refractivity (Wildman–Crippen MR) is 90.2 cm³/mol. The third-order valence-corrected chi connectivity index (χ3v) is 3.68. The van der Waals surface area contributed by atoms with Crippen LogP contribution in [0, 0.1) is 12.3 Å². The molecule has 22 heavy (non-hydrogen) atoms. The van der Waals surface area contributed by atoms with Crippen molar-refractivity contribution < 1.29 is 9.53 Å². The lowest BCUT2D eigenvalue weighted by Gasteiger charge is -2.32. The summed E-state index contributed by atoms with van der Waals surface area (Å²) in [5, 5.41) is 0. The van der Waals surface area contributed by atoms with Gasteiger partial charge in [0.15, 0.2) is 0 Å². The maximum Gasteiger partial charge on any atom is 0.222 e. The fourth-order valence-electron chi connectivity index (χ4n) is 2.28. The molecule has 1 rings (SSSR count). The molecule has 0 aliphatic carbocycles. The number of unbranched alkanes of at least 4 members (excludes halogenated alkanes) is 1. The van der Waals surface area contributed by atoms with E-state index in [1.165, 1.54) is 0 Å². The van der Waals surface area contributed by atoms with E-state index >= 15 is 0 Å². The van der Waals surface area contributed by atoms with Gasteiger partial charge in [-0.05, 0) is 18.9 Å². The topological polar surface area (TPSA) is 29.5 Å². The van der Waals surface area contributed by atoms with Crippen molar-refractivity contribution in [3.63, 3.8) is 0 Å². The summed E-state index contributed by atoms with van der Waals surface area (Å²) < 4.78 is 5.89. The highest BCUT2D eigenvalue weighted by molar-refractivity contribution is 5.76. The molecule has 0 saturated carbocycles. The lowest BCUT2D eigenvalue weighted by atomic mass is 10.0. The van der Waals surface area contributed by atoms with Crippen molar-refractivity contribution in [2.45, 2.75) is 38.3 Å². The van der Waals surface area contributed by atoms with Crippen molar-refractivity contribution in [3.05, 3.63) is 48.6 Å². The van der Waals surface area contributed by atoms with Crippen molar-refractivity contribution in [3.8, 4) is 12.3 Å². The molecule has 0 N–H and O–H groups in total. The lowest BCUT2D eigenvalue weighted by Crippen LogP contribution is -2.39. The van der Waals surface area contributed by atoms with Gasteiger partial charge in [0.05, 0.1) is 12.6 Å². The van der Waals surface area contributed by atoms with E-state index in [0.29, 0.717) is 19.4 Å². The Labute approximate surface area is 134 Å². The Bertz CT molecular complexity index is 504. The molecule has 0 aromatic heterocycles. The van der Waals surface area contributed by atoms with Crippen LogP contribution in [0.15, 0.2) is 43.0 Å². The van der Waals surface area contributed by atoms with E-state index in [-0.39, 0.29) is 18.1 Å². The van der Waals surface area contributed by atoms with Crippen molar-refractivity contribution in [1.29, 1.82) is 0 Å². The van der Waals surface area contributed by atoms with Crippen LogP contribution in [0.3, 0.4) is 0 Å². The third-order valence-electron chi connectivity index (χ3n) is 3.68. The van der Waals surface area contributed by atoms with Gasteiger partial charge < -0.3 is 9.64 Å². The molecule has 0 radical (unpaired) electrons. The Hall–Kier alpha value is -2.05. The standard InChI is InChI=1S/C19H25NO2/c1-5-7-9-14-18(21)20(4)16(3)19(22-15-6-2)17-12-10-8-11-13-17/h1,6,8,10-13,16,19H,2,7,9,14-15H2,3-4H3/t16-,19+/m0/s1. The molecule has 118 valence electrons. The van der Waals surface area contributed by atoms with E-state index < -0.39 is 0 Å². The molecule has 3 nitrogen and oxygen atoms in total. The molecule has 0 saturated heterocycles. The van der Waals surface area contributed by atoms with Gasteiger partial charge >= 0.3 is 0 Å². The van der Waals surface area contributed by atoms with E-state index in [9.17, 15) is 4.79 Å². The molecule has 0 fully saturated rings. The first kappa shape index (κ1) is 18.0. The largest absolute Gasteiger partial charge is 0.367 e. The van der Waals surface area contributed by atoms with Crippen LogP contribution < -0.4 is 0 Å². The first-order valence-corrected chi connectivity index (χ1v) is 7.58. The zero-order valence-electron chi connectivity index (χ0n) is 13.5. The van der Waals surface area contributed by atoms with Crippen LogP contribution in [0.5, 0.6) is 0 Å². The Balaban J connectivity index is 2.78. The highest BCUT2D eigenvalue weighted by Gasteiger charge is 2.26. The molecule has 0 aliphatic heterocycles. The second-order valence-electron chi connectivity index (χ2n) is 5.26. The van der Waals surface area contributed by atoms with E-state index in [0.717, 1.165) is 12.0 Å². The molecular formula is C19H25NO2. The van der Waals surface area contributed by atoms with Gasteiger partial charge in [-0.15, -0.1) is 18.9 Å². The van der Waals surface area contributed by atoms with Crippen LogP contribution in [0.25, 0.3) is 0 Å². The van der Waals surface area contributed by atoms with Gasteiger partial charge in [-0.25, -0.2) is 0 Å². The van der Waals surface area contributed by atoms with Crippen LogP contribution in [-0.4, -0.2) is 30.5 Å². The average Bonchev–Trinajstić information content (AvgIpc) is 2.55. The molecule has 2 atom stereocenters. The lowest BCUT2D eigenvalue weighted by molar-refractivity contribution is -0.134. The number of carbonyl (C=O) groups is 1. The fraction of sp³-hybridized carbons (Fsp3) is 0.421. The van der Waals surface area contributed by atoms with Crippen LogP contribution in [0.1, 0.15) is 37.9 Å². The summed E-state index contributed by atoms with van der Waals surface area (Å²) in [5.41, 5.74) is 1.06. The summed E-state index contributed by atoms with van der Waals surface area (Å²) >= 11 is 0. The first-order chi connectivity index (χ1) is 10.6. The Morgan fingerprint density at radius 3 is 2.73 bits per heavy atom. The molecule has 0 bridgehead atoms. The van der Waals surface area contributed by atoms with Crippen LogP contribution in [-0.2, 0) is 9.53 Å². The summed E-state index contributed by atoms with van der Waals surface area (Å²) in [6.45, 7) is 6.14. The molecule has 0 unspecified atom stereocenters. The summed E-state index contributed by atoms with van der Waals surface area (Å²) in [6, 6.07) is 9.87. The van der Waals surface area contributed by atoms with Gasteiger partial charge in [0, 0.05) is 19.9 Å². The predicted octanol–water partition coefficient (Wildman–Crippen LogP) is 3.58. The number of ether oxygens (including phenoxy) is 1. The minimum Gasteiger partial charge on any atom is -0.367 e. The number of carbonyl (C=O) groups excluding carboxylic acids is 1. The first-order valence-electron chi connectivity index (χ1n) is 7.58. The molecule has 0 aliphatic rings. The summed E-state index contributed by atoms with van der Waals surface area (Å²) in [7, 11) is 1.82. The molecule has 0 heterocycles. The Kier molecular flexibility index (Phi) is 8.03. The number of likely N-dealkylation sites (N-methyl/N-ethyl adjacent to an activating group) is 1. The zero-order chi connectivity index (χ0) is 16.4. The van der Waals surface area contributed by atoms with Gasteiger partial charge in [0.25, 0.3) is 0 Å². The average molecular weight is 299 g/mol. The number of nitrogens with zero attached hydrogens (tertiary/aromatic N) is 1. The highest BCUT2D eigenvalue weighted by atomic mass is 16.5. The fourth-order valence-corrected chi connectivity index (χ4v) is 2.28. The van der Waals surface area contributed by atoms with E-state index in [4.69, 9.17) is 11.2 Å². The monoisotopic (exact) mass is 299 g/mol. The highest BCUT2D eigenvalue weighted by Crippen LogP contribution is 2.25. The number of rotatable bonds is 9. The number of terminal acetylenes is 1. The van der Waals surface area contributed by atoms with Crippen LogP contribution in [0.4, 0.5) is 0 Å². The SMILES string of the molecule is C#CCCCC(=O)N(C)[C@@H](C)[C@@H](OCC=C)c1ccccc1. The van der Waals surface area contributed by atoms with Gasteiger partial charge in [-0.3, -0.25) is 4.79 Å². The number of hydrogen-bond donors (Lipinski definition) is 0. The zero-order valence-corrected chi connectivity index (χ0v) is 13.5. The minimum atomic E-state index is -0.180. The maximum atomic E-state index is 12.3. The van der Waals surface area contributed by atoms with Gasteiger partial charge in [0.2, 0.25) is 5.91 Å². The number of amides is 1.